The Labute approximate surface area is 372 Å². The van der Waals surface area contributed by atoms with Crippen LogP contribution in [0, 0.1) is 0 Å². The summed E-state index contributed by atoms with van der Waals surface area (Å²) in [5, 5.41) is 2.54. The Morgan fingerprint density at radius 3 is 1.78 bits per heavy atom. The third-order valence-electron chi connectivity index (χ3n) is 8.12. The number of ether oxygens (including phenoxy) is 8. The molecule has 0 bridgehead atoms. The van der Waals surface area contributed by atoms with Crippen LogP contribution < -0.4 is 5.32 Å². The molecule has 18 nitrogen and oxygen atoms in total. The van der Waals surface area contributed by atoms with E-state index in [2.05, 4.69) is 5.32 Å². The summed E-state index contributed by atoms with van der Waals surface area (Å²) in [5.74, 6) is -2.14. The number of alkyl carbamates (subject to hydrolysis) is 1. The summed E-state index contributed by atoms with van der Waals surface area (Å²) < 4.78 is 42.3. The fourth-order valence-corrected chi connectivity index (χ4v) is 5.37. The van der Waals surface area contributed by atoms with E-state index >= 15 is 0 Å². The van der Waals surface area contributed by atoms with Gasteiger partial charge in [-0.2, -0.15) is 0 Å². The summed E-state index contributed by atoms with van der Waals surface area (Å²) in [7, 11) is 2.83. The van der Waals surface area contributed by atoms with E-state index in [0.717, 1.165) is 11.1 Å². The van der Waals surface area contributed by atoms with Crippen LogP contribution >= 0.6 is 0 Å². The first-order valence-electron chi connectivity index (χ1n) is 20.2. The summed E-state index contributed by atoms with van der Waals surface area (Å²) in [4.78, 5) is 78.7. The number of nitrogens with one attached hydrogen (secondary N) is 1. The maximum Gasteiger partial charge on any atom is 0.415 e. The van der Waals surface area contributed by atoms with Crippen LogP contribution in [-0.4, -0.2) is 140 Å². The third-order valence-corrected chi connectivity index (χ3v) is 8.12. The predicted octanol–water partition coefficient (Wildman–Crippen LogP) is 5.43. The average Bonchev–Trinajstić information content (AvgIpc) is 3.20. The Morgan fingerprint density at radius 2 is 1.27 bits per heavy atom. The van der Waals surface area contributed by atoms with E-state index in [9.17, 15) is 28.8 Å². The molecule has 1 N–H and O–H groups in total. The molecular weight excluding hydrogens is 821 g/mol. The van der Waals surface area contributed by atoms with E-state index in [1.165, 1.54) is 41.3 Å². The fraction of sp³-hybridized carbons (Fsp3) is 0.556. The molecule has 0 saturated heterocycles. The number of methoxy groups -OCH3 is 2. The van der Waals surface area contributed by atoms with Crippen LogP contribution in [-0.2, 0) is 70.3 Å². The number of amides is 4. The topological polar surface area (TPSA) is 198 Å². The van der Waals surface area contributed by atoms with Gasteiger partial charge in [0.15, 0.2) is 6.29 Å². The second-order valence-corrected chi connectivity index (χ2v) is 15.6. The van der Waals surface area contributed by atoms with Gasteiger partial charge in [-0.15, -0.1) is 0 Å². The molecule has 2 aromatic rings. The van der Waals surface area contributed by atoms with E-state index in [4.69, 9.17) is 37.9 Å². The molecule has 63 heavy (non-hydrogen) atoms. The lowest BCUT2D eigenvalue weighted by Crippen LogP contribution is -2.54. The highest BCUT2D eigenvalue weighted by atomic mass is 16.7. The molecule has 0 spiro atoms. The van der Waals surface area contributed by atoms with Gasteiger partial charge in [-0.05, 0) is 66.5 Å². The highest BCUT2D eigenvalue weighted by Gasteiger charge is 2.38. The highest BCUT2D eigenvalue weighted by Crippen LogP contribution is 2.19. The zero-order chi connectivity index (χ0) is 46.3. The van der Waals surface area contributed by atoms with Gasteiger partial charge < -0.3 is 53.0 Å². The van der Waals surface area contributed by atoms with Gasteiger partial charge in [-0.3, -0.25) is 24.1 Å². The molecule has 0 aromatic heterocycles. The standard InChI is InChI=1S/C23H36N2O8.C21H28N2O6.CH4/c1-7-32-19(26)13-25(14-20(29-5)30-6)21(27)18(24-22(28)33-23(2,3)4)16-31-15-17-11-9-8-10-12-17;1-5-28-18(24)13-22-11-12-23(20(26)29-21(2,3)4)17(19(22)25)15-27-14-16-9-7-6-8-10-16;/h8-12,18,20H,7,13-16H2,1-6H3,(H,24,28);6-12,17H,5,13-15H2,1-4H3;1H4/t18-;17-;/m00./s1. The van der Waals surface area contributed by atoms with E-state index in [0.29, 0.717) is 0 Å². The highest BCUT2D eigenvalue weighted by molar-refractivity contribution is 5.91. The first kappa shape index (κ1) is 55.5. The summed E-state index contributed by atoms with van der Waals surface area (Å²) in [5.41, 5.74) is 0.372. The summed E-state index contributed by atoms with van der Waals surface area (Å²) in [6, 6.07) is 16.8. The van der Waals surface area contributed by atoms with Crippen molar-refractivity contribution in [2.45, 2.75) is 106 Å². The van der Waals surface area contributed by atoms with Crippen LogP contribution in [0.5, 0.6) is 0 Å². The molecule has 2 atom stereocenters. The largest absolute Gasteiger partial charge is 0.465 e. The van der Waals surface area contributed by atoms with Gasteiger partial charge in [-0.1, -0.05) is 68.1 Å². The molecule has 0 aliphatic carbocycles. The summed E-state index contributed by atoms with van der Waals surface area (Å²) in [6.07, 6.45) is 0.569. The first-order chi connectivity index (χ1) is 29.3. The summed E-state index contributed by atoms with van der Waals surface area (Å²) in [6.45, 7) is 13.8. The lowest BCUT2D eigenvalue weighted by atomic mass is 10.2. The molecule has 0 fully saturated rings. The molecule has 0 radical (unpaired) electrons. The van der Waals surface area contributed by atoms with Crippen LogP contribution in [0.4, 0.5) is 9.59 Å². The van der Waals surface area contributed by atoms with E-state index in [1.807, 2.05) is 60.7 Å². The SMILES string of the molecule is C.CCOC(=O)CN(CC(OC)OC)C(=O)[C@H](COCc1ccccc1)NC(=O)OC(C)(C)C.CCOC(=O)CN1C=CN(C(=O)OC(C)(C)C)[C@@H](COCc2ccccc2)C1=O. The van der Waals surface area contributed by atoms with Crippen molar-refractivity contribution in [3.8, 4) is 0 Å². The molecule has 3 rings (SSSR count). The Bertz CT molecular complexity index is 1730. The van der Waals surface area contributed by atoms with Crippen LogP contribution in [0.15, 0.2) is 73.1 Å². The molecule has 1 aliphatic rings. The maximum atomic E-state index is 13.4. The van der Waals surface area contributed by atoms with Crippen molar-refractivity contribution in [3.63, 3.8) is 0 Å². The lowest BCUT2D eigenvalue weighted by Gasteiger charge is -2.35. The quantitative estimate of drug-likeness (QED) is 0.100. The van der Waals surface area contributed by atoms with Gasteiger partial charge in [0.1, 0.15) is 36.4 Å². The molecule has 18 heteroatoms. The van der Waals surface area contributed by atoms with Gasteiger partial charge >= 0.3 is 24.1 Å². The van der Waals surface area contributed by atoms with E-state index in [-0.39, 0.29) is 66.7 Å². The smallest absolute Gasteiger partial charge is 0.415 e. The number of carbonyl (C=O) groups is 6. The zero-order valence-corrected chi connectivity index (χ0v) is 37.6. The van der Waals surface area contributed by atoms with Crippen molar-refractivity contribution >= 4 is 35.9 Å². The molecule has 0 saturated carbocycles. The summed E-state index contributed by atoms with van der Waals surface area (Å²) >= 11 is 0. The number of benzene rings is 2. The number of carbonyl (C=O) groups excluding carboxylic acids is 6. The third kappa shape index (κ3) is 21.9. The van der Waals surface area contributed by atoms with E-state index < -0.39 is 65.5 Å². The normalized spacial score (nSPS) is 14.1. The Kier molecular flexibility index (Phi) is 24.8. The van der Waals surface area contributed by atoms with Crippen LogP contribution in [0.2, 0.25) is 0 Å². The number of rotatable bonds is 20. The monoisotopic (exact) mass is 888 g/mol. The molecule has 4 amide bonds. The second kappa shape index (κ2) is 28.2. The minimum atomic E-state index is -1.12. The van der Waals surface area contributed by atoms with Gasteiger partial charge in [0.05, 0.1) is 46.2 Å². The molecule has 1 heterocycles. The number of hydrogen-bond donors (Lipinski definition) is 1. The van der Waals surface area contributed by atoms with Crippen molar-refractivity contribution in [2.24, 2.45) is 0 Å². The maximum absolute atomic E-state index is 13.4. The van der Waals surface area contributed by atoms with Crippen molar-refractivity contribution in [1.29, 1.82) is 0 Å². The van der Waals surface area contributed by atoms with E-state index in [1.54, 1.807) is 55.4 Å². The zero-order valence-electron chi connectivity index (χ0n) is 37.6. The number of nitrogens with zero attached hydrogens (tertiary/aromatic N) is 3. The molecular formula is C45H68N4O14. The minimum absolute atomic E-state index is 0. The molecule has 0 unspecified atom stereocenters. The molecule has 2 aromatic carbocycles. The molecule has 1 aliphatic heterocycles. The van der Waals surface area contributed by atoms with Crippen LogP contribution in [0.3, 0.4) is 0 Å². The van der Waals surface area contributed by atoms with Gasteiger partial charge in [-0.25, -0.2) is 9.59 Å². The fourth-order valence-electron chi connectivity index (χ4n) is 5.37. The Balaban J connectivity index is 0.000000624. The van der Waals surface area contributed by atoms with Crippen molar-refractivity contribution in [2.75, 3.05) is 60.3 Å². The van der Waals surface area contributed by atoms with Crippen LogP contribution in [0.1, 0.15) is 73.9 Å². The van der Waals surface area contributed by atoms with Crippen molar-refractivity contribution in [3.05, 3.63) is 84.2 Å². The van der Waals surface area contributed by atoms with Crippen LogP contribution in [0.25, 0.3) is 0 Å². The van der Waals surface area contributed by atoms with Crippen molar-refractivity contribution < 1.29 is 66.7 Å². The number of esters is 2. The Hall–Kier alpha value is -5.56. The molecule has 352 valence electrons. The predicted molar refractivity (Wildman–Crippen MR) is 232 cm³/mol. The number of hydrogen-bond acceptors (Lipinski definition) is 14. The first-order valence-corrected chi connectivity index (χ1v) is 20.2. The van der Waals surface area contributed by atoms with Gasteiger partial charge in [0, 0.05) is 26.6 Å². The Morgan fingerprint density at radius 1 is 0.746 bits per heavy atom. The lowest BCUT2D eigenvalue weighted by molar-refractivity contribution is -0.158. The van der Waals surface area contributed by atoms with Crippen molar-refractivity contribution in [1.82, 2.24) is 20.0 Å². The minimum Gasteiger partial charge on any atom is -0.465 e. The van der Waals surface area contributed by atoms with Gasteiger partial charge in [0.25, 0.3) is 5.91 Å². The second-order valence-electron chi connectivity index (χ2n) is 15.6. The van der Waals surface area contributed by atoms with Gasteiger partial charge in [0.2, 0.25) is 5.91 Å². The average molecular weight is 889 g/mol.